The minimum Gasteiger partial charge on any atom is -0.348 e. The van der Waals surface area contributed by atoms with Gasteiger partial charge in [0.2, 0.25) is 0 Å². The van der Waals surface area contributed by atoms with Gasteiger partial charge in [-0.15, -0.1) is 0 Å². The van der Waals surface area contributed by atoms with E-state index in [4.69, 9.17) is 11.6 Å². The van der Waals surface area contributed by atoms with E-state index >= 15 is 0 Å². The zero-order chi connectivity index (χ0) is 14.8. The van der Waals surface area contributed by atoms with Gasteiger partial charge >= 0.3 is 0 Å². The molecule has 0 spiro atoms. The molecule has 2 aromatic rings. The standard InChI is InChI=1S/C16H14ClFN2O/c17-14-3-1-2-13(15(14)18)16(21)20-7-10-4-5-11-8-19-9-12(11)6-10/h1-6,19H,7-9H2,(H,20,21). The molecule has 0 fully saturated rings. The van der Waals surface area contributed by atoms with Crippen LogP contribution in [0.4, 0.5) is 4.39 Å². The maximum absolute atomic E-state index is 13.8. The van der Waals surface area contributed by atoms with E-state index in [1.165, 1.54) is 23.3 Å². The summed E-state index contributed by atoms with van der Waals surface area (Å²) >= 11 is 5.68. The summed E-state index contributed by atoms with van der Waals surface area (Å²) in [5.41, 5.74) is 3.49. The zero-order valence-electron chi connectivity index (χ0n) is 11.2. The Balaban J connectivity index is 1.70. The van der Waals surface area contributed by atoms with Crippen LogP contribution >= 0.6 is 11.6 Å². The number of carbonyl (C=O) groups is 1. The summed E-state index contributed by atoms with van der Waals surface area (Å²) in [6.07, 6.45) is 0. The van der Waals surface area contributed by atoms with Gasteiger partial charge in [-0.25, -0.2) is 4.39 Å². The highest BCUT2D eigenvalue weighted by molar-refractivity contribution is 6.31. The smallest absolute Gasteiger partial charge is 0.254 e. The third-order valence-electron chi connectivity index (χ3n) is 3.55. The molecule has 0 atom stereocenters. The fourth-order valence-electron chi connectivity index (χ4n) is 2.41. The number of carbonyl (C=O) groups excluding carboxylic acids is 1. The van der Waals surface area contributed by atoms with Crippen LogP contribution in [0.5, 0.6) is 0 Å². The van der Waals surface area contributed by atoms with Crippen molar-refractivity contribution in [1.82, 2.24) is 10.6 Å². The number of halogens is 2. The van der Waals surface area contributed by atoms with Crippen LogP contribution in [0.15, 0.2) is 36.4 Å². The van der Waals surface area contributed by atoms with Crippen LogP contribution in [0.25, 0.3) is 0 Å². The summed E-state index contributed by atoms with van der Waals surface area (Å²) in [6.45, 7) is 2.09. The van der Waals surface area contributed by atoms with Crippen molar-refractivity contribution in [2.24, 2.45) is 0 Å². The number of benzene rings is 2. The highest BCUT2D eigenvalue weighted by atomic mass is 35.5. The molecule has 5 heteroatoms. The second kappa shape index (κ2) is 5.84. The molecule has 0 aromatic heterocycles. The van der Waals surface area contributed by atoms with Gasteiger partial charge in [0.05, 0.1) is 10.6 Å². The monoisotopic (exact) mass is 304 g/mol. The number of hydrogen-bond donors (Lipinski definition) is 2. The molecule has 1 heterocycles. The first-order valence-electron chi connectivity index (χ1n) is 6.69. The van der Waals surface area contributed by atoms with Crippen molar-refractivity contribution >= 4 is 17.5 Å². The number of fused-ring (bicyclic) bond motifs is 1. The molecule has 3 nitrogen and oxygen atoms in total. The van der Waals surface area contributed by atoms with E-state index in [0.29, 0.717) is 6.54 Å². The Morgan fingerprint density at radius 2 is 2.05 bits per heavy atom. The normalized spacial score (nSPS) is 13.0. The lowest BCUT2D eigenvalue weighted by Crippen LogP contribution is -2.24. The van der Waals surface area contributed by atoms with Crippen molar-refractivity contribution < 1.29 is 9.18 Å². The number of amides is 1. The van der Waals surface area contributed by atoms with E-state index in [1.807, 2.05) is 6.07 Å². The first kappa shape index (κ1) is 14.0. The molecule has 2 N–H and O–H groups in total. The molecule has 1 aliphatic heterocycles. The molecule has 1 aliphatic rings. The molecule has 3 rings (SSSR count). The number of nitrogens with one attached hydrogen (secondary N) is 2. The second-order valence-corrected chi connectivity index (χ2v) is 5.40. The van der Waals surface area contributed by atoms with Crippen LogP contribution in [-0.4, -0.2) is 5.91 Å². The summed E-state index contributed by atoms with van der Waals surface area (Å²) in [6, 6.07) is 10.5. The lowest BCUT2D eigenvalue weighted by molar-refractivity contribution is 0.0947. The van der Waals surface area contributed by atoms with Gasteiger partial charge in [0.1, 0.15) is 0 Å². The molecule has 0 unspecified atom stereocenters. The summed E-state index contributed by atoms with van der Waals surface area (Å²) in [7, 11) is 0. The molecular formula is C16H14ClFN2O. The van der Waals surface area contributed by atoms with Gasteiger partial charge in [0, 0.05) is 19.6 Å². The van der Waals surface area contributed by atoms with E-state index in [9.17, 15) is 9.18 Å². The van der Waals surface area contributed by atoms with E-state index in [-0.39, 0.29) is 10.6 Å². The second-order valence-electron chi connectivity index (χ2n) is 4.99. The topological polar surface area (TPSA) is 41.1 Å². The molecule has 2 aromatic carbocycles. The average Bonchev–Trinajstić information content (AvgIpc) is 2.95. The van der Waals surface area contributed by atoms with Crippen LogP contribution in [0, 0.1) is 5.82 Å². The van der Waals surface area contributed by atoms with Crippen molar-refractivity contribution in [1.29, 1.82) is 0 Å². The quantitative estimate of drug-likeness (QED) is 0.915. The van der Waals surface area contributed by atoms with E-state index in [1.54, 1.807) is 6.07 Å². The van der Waals surface area contributed by atoms with E-state index in [0.717, 1.165) is 18.7 Å². The predicted molar refractivity (Wildman–Crippen MR) is 79.6 cm³/mol. The van der Waals surface area contributed by atoms with Gasteiger partial charge in [-0.05, 0) is 28.8 Å². The third-order valence-corrected chi connectivity index (χ3v) is 3.84. The van der Waals surface area contributed by atoms with Crippen LogP contribution in [0.2, 0.25) is 5.02 Å². The first-order chi connectivity index (χ1) is 10.1. The molecular weight excluding hydrogens is 291 g/mol. The summed E-state index contributed by atoms with van der Waals surface area (Å²) < 4.78 is 13.8. The fourth-order valence-corrected chi connectivity index (χ4v) is 2.59. The Morgan fingerprint density at radius 3 is 2.90 bits per heavy atom. The van der Waals surface area contributed by atoms with E-state index < -0.39 is 11.7 Å². The Hall–Kier alpha value is -1.91. The Morgan fingerprint density at radius 1 is 1.24 bits per heavy atom. The number of hydrogen-bond acceptors (Lipinski definition) is 2. The van der Waals surface area contributed by atoms with Crippen LogP contribution in [-0.2, 0) is 19.6 Å². The van der Waals surface area contributed by atoms with Crippen molar-refractivity contribution in [2.45, 2.75) is 19.6 Å². The predicted octanol–water partition coefficient (Wildman–Crippen LogP) is 3.01. The highest BCUT2D eigenvalue weighted by Gasteiger charge is 2.14. The van der Waals surface area contributed by atoms with Crippen molar-refractivity contribution in [3.8, 4) is 0 Å². The lowest BCUT2D eigenvalue weighted by Gasteiger charge is -2.08. The molecule has 0 aliphatic carbocycles. The molecule has 108 valence electrons. The van der Waals surface area contributed by atoms with Crippen LogP contribution < -0.4 is 10.6 Å². The Kier molecular flexibility index (Phi) is 3.90. The zero-order valence-corrected chi connectivity index (χ0v) is 12.0. The van der Waals surface area contributed by atoms with Crippen molar-refractivity contribution in [3.05, 3.63) is 69.5 Å². The van der Waals surface area contributed by atoms with Crippen LogP contribution in [0.3, 0.4) is 0 Å². The Labute approximate surface area is 127 Å². The summed E-state index contributed by atoms with van der Waals surface area (Å²) in [5.74, 6) is -1.15. The van der Waals surface area contributed by atoms with Gasteiger partial charge in [0.15, 0.2) is 5.82 Å². The minimum absolute atomic E-state index is 0.0367. The molecule has 0 bridgehead atoms. The minimum atomic E-state index is -0.685. The molecule has 0 radical (unpaired) electrons. The largest absolute Gasteiger partial charge is 0.348 e. The lowest BCUT2D eigenvalue weighted by atomic mass is 10.1. The highest BCUT2D eigenvalue weighted by Crippen LogP contribution is 2.19. The van der Waals surface area contributed by atoms with E-state index in [2.05, 4.69) is 22.8 Å². The molecule has 21 heavy (non-hydrogen) atoms. The molecule has 0 saturated carbocycles. The Bertz CT molecular complexity index is 703. The van der Waals surface area contributed by atoms with Gasteiger partial charge in [-0.3, -0.25) is 4.79 Å². The van der Waals surface area contributed by atoms with Crippen molar-refractivity contribution in [2.75, 3.05) is 0 Å². The van der Waals surface area contributed by atoms with Crippen molar-refractivity contribution in [3.63, 3.8) is 0 Å². The fraction of sp³-hybridized carbons (Fsp3) is 0.188. The number of rotatable bonds is 3. The van der Waals surface area contributed by atoms with Gasteiger partial charge < -0.3 is 10.6 Å². The van der Waals surface area contributed by atoms with Gasteiger partial charge in [-0.2, -0.15) is 0 Å². The van der Waals surface area contributed by atoms with Gasteiger partial charge in [-0.1, -0.05) is 35.9 Å². The average molecular weight is 305 g/mol. The maximum Gasteiger partial charge on any atom is 0.254 e. The van der Waals surface area contributed by atoms with Crippen LogP contribution in [0.1, 0.15) is 27.0 Å². The first-order valence-corrected chi connectivity index (χ1v) is 7.06. The SMILES string of the molecule is O=C(NCc1ccc2c(c1)CNC2)c1cccc(Cl)c1F. The molecule has 0 saturated heterocycles. The maximum atomic E-state index is 13.8. The molecule has 1 amide bonds. The summed E-state index contributed by atoms with van der Waals surface area (Å²) in [5, 5.41) is 5.93. The van der Waals surface area contributed by atoms with Gasteiger partial charge in [0.25, 0.3) is 5.91 Å². The summed E-state index contributed by atoms with van der Waals surface area (Å²) in [4.78, 5) is 12.0. The third kappa shape index (κ3) is 2.91.